The Labute approximate surface area is 117 Å². The van der Waals surface area contributed by atoms with E-state index in [0.717, 1.165) is 15.7 Å². The van der Waals surface area contributed by atoms with Crippen LogP contribution < -0.4 is 5.32 Å². The molecule has 0 fully saturated rings. The summed E-state index contributed by atoms with van der Waals surface area (Å²) in [5.41, 5.74) is 0.204. The fraction of sp³-hybridized carbons (Fsp3) is 0.400. The first-order chi connectivity index (χ1) is 8.39. The molecule has 1 aromatic carbocycles. The highest BCUT2D eigenvalue weighted by molar-refractivity contribution is 9.10. The number of fused-ring (bicyclic) bond motifs is 1. The highest BCUT2D eigenvalue weighted by Gasteiger charge is 2.20. The zero-order chi connectivity index (χ0) is 13.3. The first kappa shape index (κ1) is 13.3. The molecule has 1 aromatic heterocycles. The molecule has 18 heavy (non-hydrogen) atoms. The standard InChI is InChI=1S/C15H19BrN2/c1-10(15(2,3)4)18-14-12-6-5-7-13(16)11(12)8-9-17-14/h5-10H,1-4H3,(H,17,18). The van der Waals surface area contributed by atoms with Gasteiger partial charge in [-0.3, -0.25) is 0 Å². The van der Waals surface area contributed by atoms with E-state index in [-0.39, 0.29) is 5.41 Å². The molecule has 1 heterocycles. The van der Waals surface area contributed by atoms with E-state index < -0.39 is 0 Å². The van der Waals surface area contributed by atoms with Crippen LogP contribution in [-0.2, 0) is 0 Å². The van der Waals surface area contributed by atoms with Crippen LogP contribution in [0, 0.1) is 5.41 Å². The van der Waals surface area contributed by atoms with Gasteiger partial charge in [-0.2, -0.15) is 0 Å². The average molecular weight is 307 g/mol. The summed E-state index contributed by atoms with van der Waals surface area (Å²) in [6.45, 7) is 8.88. The summed E-state index contributed by atoms with van der Waals surface area (Å²) >= 11 is 3.58. The zero-order valence-corrected chi connectivity index (χ0v) is 12.9. The summed E-state index contributed by atoms with van der Waals surface area (Å²) in [4.78, 5) is 4.47. The molecule has 1 unspecified atom stereocenters. The van der Waals surface area contributed by atoms with Gasteiger partial charge < -0.3 is 5.32 Å². The van der Waals surface area contributed by atoms with Crippen molar-refractivity contribution >= 4 is 32.5 Å². The van der Waals surface area contributed by atoms with Crippen LogP contribution in [0.4, 0.5) is 5.82 Å². The van der Waals surface area contributed by atoms with E-state index in [1.165, 1.54) is 5.39 Å². The molecule has 0 radical (unpaired) electrons. The van der Waals surface area contributed by atoms with Gasteiger partial charge in [-0.25, -0.2) is 4.98 Å². The lowest BCUT2D eigenvalue weighted by molar-refractivity contribution is 0.359. The molecule has 3 heteroatoms. The number of rotatable bonds is 2. The molecule has 1 N–H and O–H groups in total. The number of nitrogens with one attached hydrogen (secondary N) is 1. The molecule has 2 rings (SSSR count). The summed E-state index contributed by atoms with van der Waals surface area (Å²) in [6, 6.07) is 8.59. The van der Waals surface area contributed by atoms with E-state index in [1.807, 2.05) is 18.3 Å². The van der Waals surface area contributed by atoms with Crippen molar-refractivity contribution in [3.63, 3.8) is 0 Å². The average Bonchev–Trinajstić information content (AvgIpc) is 2.29. The molecule has 2 aromatic rings. The van der Waals surface area contributed by atoms with Crippen molar-refractivity contribution in [2.45, 2.75) is 33.7 Å². The van der Waals surface area contributed by atoms with Crippen molar-refractivity contribution in [1.82, 2.24) is 4.98 Å². The van der Waals surface area contributed by atoms with Crippen molar-refractivity contribution in [1.29, 1.82) is 0 Å². The maximum absolute atomic E-state index is 4.47. The van der Waals surface area contributed by atoms with Gasteiger partial charge >= 0.3 is 0 Å². The van der Waals surface area contributed by atoms with E-state index in [4.69, 9.17) is 0 Å². The molecule has 0 aliphatic heterocycles. The van der Waals surface area contributed by atoms with Gasteiger partial charge in [-0.05, 0) is 24.5 Å². The number of nitrogens with zero attached hydrogens (tertiary/aromatic N) is 1. The Morgan fingerprint density at radius 1 is 1.17 bits per heavy atom. The SMILES string of the molecule is CC(Nc1nccc2c(Br)cccc12)C(C)(C)C. The number of aromatic nitrogens is 1. The number of halogens is 1. The molecule has 0 saturated heterocycles. The summed E-state index contributed by atoms with van der Waals surface area (Å²) in [5.74, 6) is 0.955. The van der Waals surface area contributed by atoms with Crippen LogP contribution in [0.25, 0.3) is 10.8 Å². The van der Waals surface area contributed by atoms with Crippen LogP contribution in [0.1, 0.15) is 27.7 Å². The monoisotopic (exact) mass is 306 g/mol. The first-order valence-electron chi connectivity index (χ1n) is 6.19. The molecule has 96 valence electrons. The fourth-order valence-electron chi connectivity index (χ4n) is 1.71. The van der Waals surface area contributed by atoms with E-state index in [1.54, 1.807) is 0 Å². The largest absolute Gasteiger partial charge is 0.367 e. The van der Waals surface area contributed by atoms with Crippen molar-refractivity contribution in [2.24, 2.45) is 5.41 Å². The Bertz CT molecular complexity index is 558. The molecule has 0 saturated carbocycles. The van der Waals surface area contributed by atoms with E-state index in [9.17, 15) is 0 Å². The van der Waals surface area contributed by atoms with Gasteiger partial charge in [0, 0.05) is 27.5 Å². The first-order valence-corrected chi connectivity index (χ1v) is 6.98. The second kappa shape index (κ2) is 4.88. The highest BCUT2D eigenvalue weighted by atomic mass is 79.9. The lowest BCUT2D eigenvalue weighted by Gasteiger charge is -2.29. The molecule has 0 amide bonds. The van der Waals surface area contributed by atoms with Gasteiger partial charge in [-0.15, -0.1) is 0 Å². The number of benzene rings is 1. The Balaban J connectivity index is 2.43. The van der Waals surface area contributed by atoms with E-state index in [2.05, 4.69) is 66.1 Å². The lowest BCUT2D eigenvalue weighted by Crippen LogP contribution is -2.31. The third-order valence-electron chi connectivity index (χ3n) is 3.41. The molecule has 2 nitrogen and oxygen atoms in total. The van der Waals surface area contributed by atoms with E-state index >= 15 is 0 Å². The predicted molar refractivity (Wildman–Crippen MR) is 82.0 cm³/mol. The highest BCUT2D eigenvalue weighted by Crippen LogP contribution is 2.30. The molecular weight excluding hydrogens is 288 g/mol. The number of hydrogen-bond donors (Lipinski definition) is 1. The van der Waals surface area contributed by atoms with Gasteiger partial charge in [0.15, 0.2) is 0 Å². The Hall–Kier alpha value is -1.09. The quantitative estimate of drug-likeness (QED) is 0.858. The third kappa shape index (κ3) is 2.66. The minimum Gasteiger partial charge on any atom is -0.367 e. The van der Waals surface area contributed by atoms with Crippen LogP contribution in [0.2, 0.25) is 0 Å². The molecule has 0 aliphatic rings. The van der Waals surface area contributed by atoms with Crippen molar-refractivity contribution in [3.8, 4) is 0 Å². The van der Waals surface area contributed by atoms with Crippen molar-refractivity contribution in [3.05, 3.63) is 34.9 Å². The molecule has 1 atom stereocenters. The topological polar surface area (TPSA) is 24.9 Å². The van der Waals surface area contributed by atoms with Crippen LogP contribution in [-0.4, -0.2) is 11.0 Å². The summed E-state index contributed by atoms with van der Waals surface area (Å²) in [5, 5.41) is 5.87. The zero-order valence-electron chi connectivity index (χ0n) is 11.3. The second-order valence-electron chi connectivity index (χ2n) is 5.73. The number of hydrogen-bond acceptors (Lipinski definition) is 2. The summed E-state index contributed by atoms with van der Waals surface area (Å²) in [7, 11) is 0. The minimum atomic E-state index is 0.204. The maximum atomic E-state index is 4.47. The van der Waals surface area contributed by atoms with Crippen LogP contribution in [0.15, 0.2) is 34.9 Å². The number of anilines is 1. The Morgan fingerprint density at radius 3 is 2.56 bits per heavy atom. The fourth-order valence-corrected chi connectivity index (χ4v) is 2.20. The number of pyridine rings is 1. The van der Waals surface area contributed by atoms with Gasteiger partial charge in [0.2, 0.25) is 0 Å². The van der Waals surface area contributed by atoms with Gasteiger partial charge in [-0.1, -0.05) is 48.8 Å². The van der Waals surface area contributed by atoms with Gasteiger partial charge in [0.05, 0.1) is 0 Å². The molecular formula is C15H19BrN2. The minimum absolute atomic E-state index is 0.204. The smallest absolute Gasteiger partial charge is 0.134 e. The Morgan fingerprint density at radius 2 is 1.89 bits per heavy atom. The molecule has 0 spiro atoms. The van der Waals surface area contributed by atoms with Crippen molar-refractivity contribution in [2.75, 3.05) is 5.32 Å². The van der Waals surface area contributed by atoms with Gasteiger partial charge in [0.1, 0.15) is 5.82 Å². The predicted octanol–water partition coefficient (Wildman–Crippen LogP) is 4.84. The summed E-state index contributed by atoms with van der Waals surface area (Å²) < 4.78 is 1.11. The second-order valence-corrected chi connectivity index (χ2v) is 6.58. The third-order valence-corrected chi connectivity index (χ3v) is 4.10. The normalized spacial score (nSPS) is 13.6. The molecule has 0 aliphatic carbocycles. The van der Waals surface area contributed by atoms with Crippen LogP contribution in [0.5, 0.6) is 0 Å². The summed E-state index contributed by atoms with van der Waals surface area (Å²) in [6.07, 6.45) is 1.85. The van der Waals surface area contributed by atoms with E-state index in [0.29, 0.717) is 6.04 Å². The van der Waals surface area contributed by atoms with Crippen LogP contribution in [0.3, 0.4) is 0 Å². The maximum Gasteiger partial charge on any atom is 0.134 e. The lowest BCUT2D eigenvalue weighted by atomic mass is 9.88. The molecule has 0 bridgehead atoms. The van der Waals surface area contributed by atoms with Crippen LogP contribution >= 0.6 is 15.9 Å². The van der Waals surface area contributed by atoms with Crippen molar-refractivity contribution < 1.29 is 0 Å². The van der Waals surface area contributed by atoms with Gasteiger partial charge in [0.25, 0.3) is 0 Å². The Kier molecular flexibility index (Phi) is 3.62.